The highest BCUT2D eigenvalue weighted by atomic mass is 19.1. The van der Waals surface area contributed by atoms with Crippen LogP contribution in [0.3, 0.4) is 0 Å². The number of carbonyl (C=O) groups excluding carboxylic acids is 2. The molecule has 1 aliphatic rings. The summed E-state index contributed by atoms with van der Waals surface area (Å²) in [7, 11) is 0. The number of aromatic nitrogens is 2. The van der Waals surface area contributed by atoms with Crippen LogP contribution in [0, 0.1) is 5.82 Å². The Morgan fingerprint density at radius 1 is 1.21 bits per heavy atom. The van der Waals surface area contributed by atoms with Gasteiger partial charge < -0.3 is 15.5 Å². The molecule has 0 aliphatic carbocycles. The van der Waals surface area contributed by atoms with Gasteiger partial charge in [0.15, 0.2) is 0 Å². The van der Waals surface area contributed by atoms with Crippen LogP contribution in [-0.4, -0.2) is 46.5 Å². The summed E-state index contributed by atoms with van der Waals surface area (Å²) in [5.41, 5.74) is 2.03. The van der Waals surface area contributed by atoms with E-state index in [1.54, 1.807) is 37.3 Å². The topological polar surface area (TPSA) is 99.6 Å². The van der Waals surface area contributed by atoms with E-state index in [2.05, 4.69) is 22.3 Å². The van der Waals surface area contributed by atoms with E-state index in [1.165, 1.54) is 19.1 Å². The van der Waals surface area contributed by atoms with Crippen molar-refractivity contribution in [2.45, 2.75) is 39.5 Å². The Balaban J connectivity index is 1.98. The third kappa shape index (κ3) is 6.81. The van der Waals surface area contributed by atoms with E-state index in [-0.39, 0.29) is 23.5 Å². The number of hydrogen-bond donors (Lipinski definition) is 2. The van der Waals surface area contributed by atoms with Crippen LogP contribution in [0.4, 0.5) is 15.9 Å². The number of anilines is 2. The predicted octanol–water partition coefficient (Wildman–Crippen LogP) is 4.17. The molecule has 1 aromatic carbocycles. The lowest BCUT2D eigenvalue weighted by atomic mass is 9.96. The summed E-state index contributed by atoms with van der Waals surface area (Å²) in [5.74, 6) is 0.870. The van der Waals surface area contributed by atoms with E-state index in [0.717, 1.165) is 25.0 Å². The maximum absolute atomic E-state index is 13.7. The van der Waals surface area contributed by atoms with Gasteiger partial charge in [0.05, 0.1) is 5.69 Å². The highest BCUT2D eigenvalue weighted by Gasteiger charge is 2.25. The van der Waals surface area contributed by atoms with Crippen molar-refractivity contribution < 1.29 is 14.0 Å². The summed E-state index contributed by atoms with van der Waals surface area (Å²) in [6.07, 6.45) is 5.15. The fourth-order valence-corrected chi connectivity index (χ4v) is 3.71. The first-order valence-corrected chi connectivity index (χ1v) is 11.1. The molecule has 2 aromatic rings. The first-order chi connectivity index (χ1) is 16.2. The second-order valence-electron chi connectivity index (χ2n) is 8.18. The van der Waals surface area contributed by atoms with Crippen LogP contribution in [0.15, 0.2) is 53.3 Å². The second-order valence-corrected chi connectivity index (χ2v) is 8.18. The lowest BCUT2D eigenvalue weighted by Crippen LogP contribution is -2.38. The van der Waals surface area contributed by atoms with Gasteiger partial charge in [0.25, 0.3) is 0 Å². The van der Waals surface area contributed by atoms with Crippen LogP contribution >= 0.6 is 0 Å². The lowest BCUT2D eigenvalue weighted by molar-refractivity contribution is -0.130. The maximum atomic E-state index is 13.7. The van der Waals surface area contributed by atoms with Gasteiger partial charge in [0.2, 0.25) is 11.8 Å². The number of likely N-dealkylation sites (tertiary alicyclic amines) is 1. The molecule has 2 heterocycles. The summed E-state index contributed by atoms with van der Waals surface area (Å²) >= 11 is 0. The van der Waals surface area contributed by atoms with Gasteiger partial charge in [-0.25, -0.2) is 19.4 Å². The maximum Gasteiger partial charge on any atom is 0.222 e. The molecular formula is C25H29FN6O2. The number of benzene rings is 1. The van der Waals surface area contributed by atoms with E-state index in [1.807, 2.05) is 11.8 Å². The minimum atomic E-state index is -0.354. The molecule has 0 bridgehead atoms. The average molecular weight is 465 g/mol. The van der Waals surface area contributed by atoms with Crippen molar-refractivity contribution in [3.8, 4) is 0 Å². The fraction of sp³-hybridized carbons (Fsp3) is 0.320. The quantitative estimate of drug-likeness (QED) is 0.473. The number of nitrogens with one attached hydrogen (secondary N) is 2. The number of allylic oxidation sites excluding steroid dienone is 3. The first-order valence-electron chi connectivity index (χ1n) is 11.1. The normalized spacial score (nSPS) is 16.7. The Kier molecular flexibility index (Phi) is 8.24. The zero-order valence-corrected chi connectivity index (χ0v) is 19.6. The van der Waals surface area contributed by atoms with Crippen LogP contribution in [0.5, 0.6) is 0 Å². The number of hydrogen-bond acceptors (Lipinski definition) is 6. The Labute approximate surface area is 198 Å². The Bertz CT molecular complexity index is 1140. The van der Waals surface area contributed by atoms with E-state index in [4.69, 9.17) is 9.97 Å². The van der Waals surface area contributed by atoms with Gasteiger partial charge >= 0.3 is 0 Å². The van der Waals surface area contributed by atoms with Crippen molar-refractivity contribution in [1.29, 1.82) is 0 Å². The molecule has 1 saturated heterocycles. The zero-order valence-electron chi connectivity index (χ0n) is 19.6. The van der Waals surface area contributed by atoms with Crippen LogP contribution in [0.1, 0.15) is 51.0 Å². The summed E-state index contributed by atoms with van der Waals surface area (Å²) in [6.45, 7) is 9.58. The first kappa shape index (κ1) is 24.8. The minimum Gasteiger partial charge on any atom is -0.342 e. The molecule has 0 spiro atoms. The number of nitrogens with zero attached hydrogens (tertiary/aromatic N) is 4. The van der Waals surface area contributed by atoms with Crippen molar-refractivity contribution >= 4 is 35.6 Å². The van der Waals surface area contributed by atoms with Crippen LogP contribution in [-0.2, 0) is 9.59 Å². The highest BCUT2D eigenvalue weighted by Crippen LogP contribution is 2.28. The van der Waals surface area contributed by atoms with Crippen LogP contribution in [0.25, 0.3) is 5.57 Å². The fourth-order valence-electron chi connectivity index (χ4n) is 3.71. The number of carbonyl (C=O) groups is 2. The molecule has 34 heavy (non-hydrogen) atoms. The van der Waals surface area contributed by atoms with Crippen molar-refractivity contribution in [1.82, 2.24) is 20.2 Å². The molecule has 0 radical (unpaired) electrons. The van der Waals surface area contributed by atoms with Crippen molar-refractivity contribution in [2.75, 3.05) is 18.4 Å². The van der Waals surface area contributed by atoms with Gasteiger partial charge in [-0.15, -0.1) is 0 Å². The number of rotatable bonds is 7. The minimum absolute atomic E-state index is 0.0150. The van der Waals surface area contributed by atoms with E-state index in [0.29, 0.717) is 35.4 Å². The number of aliphatic imine (C=N–C) groups is 1. The van der Waals surface area contributed by atoms with Gasteiger partial charge in [-0.05, 0) is 56.3 Å². The van der Waals surface area contributed by atoms with Crippen molar-refractivity contribution in [2.24, 2.45) is 4.99 Å². The van der Waals surface area contributed by atoms with Crippen LogP contribution in [0.2, 0.25) is 0 Å². The smallest absolute Gasteiger partial charge is 0.222 e. The van der Waals surface area contributed by atoms with Crippen molar-refractivity contribution in [3.05, 3.63) is 65.6 Å². The zero-order chi connectivity index (χ0) is 24.7. The van der Waals surface area contributed by atoms with E-state index < -0.39 is 0 Å². The molecule has 1 atom stereocenters. The highest BCUT2D eigenvalue weighted by molar-refractivity contribution is 5.75. The molecule has 9 heteroatoms. The largest absolute Gasteiger partial charge is 0.342 e. The summed E-state index contributed by atoms with van der Waals surface area (Å²) in [4.78, 5) is 38.3. The SMILES string of the molecule is C=N/C(=C\C=C(/C)c1cc(Nc2cccc(F)c2)nc(C2CCCN(C(C)=O)C2)n1)NC(C)=O. The third-order valence-electron chi connectivity index (χ3n) is 5.44. The van der Waals surface area contributed by atoms with E-state index in [9.17, 15) is 14.0 Å². The van der Waals surface area contributed by atoms with Gasteiger partial charge in [-0.2, -0.15) is 0 Å². The molecule has 1 unspecified atom stereocenters. The number of halogens is 1. The van der Waals surface area contributed by atoms with E-state index >= 15 is 0 Å². The molecule has 2 N–H and O–H groups in total. The third-order valence-corrected chi connectivity index (χ3v) is 5.44. The molecule has 8 nitrogen and oxygen atoms in total. The molecule has 3 rings (SSSR count). The monoisotopic (exact) mass is 464 g/mol. The standard InChI is InChI=1S/C25H29FN6O2/c1-16(10-11-23(27-4)28-17(2)33)22-14-24(29-21-9-5-8-20(26)13-21)31-25(30-22)19-7-6-12-32(15-19)18(3)34/h5,8-11,13-14,19H,4,6-7,12,15H2,1-3H3,(H,28,33)(H,29,30,31)/b16-10+,23-11+. The molecule has 2 amide bonds. The average Bonchev–Trinajstić information content (AvgIpc) is 2.81. The molecule has 0 saturated carbocycles. The lowest BCUT2D eigenvalue weighted by Gasteiger charge is -2.31. The molecule has 1 aliphatic heterocycles. The summed E-state index contributed by atoms with van der Waals surface area (Å²) in [5, 5.41) is 5.75. The molecule has 1 fully saturated rings. The molecule has 1 aromatic heterocycles. The Morgan fingerprint density at radius 2 is 2.00 bits per heavy atom. The molecule has 178 valence electrons. The van der Waals surface area contributed by atoms with Gasteiger partial charge in [0.1, 0.15) is 23.3 Å². The molecular weight excluding hydrogens is 435 g/mol. The second kappa shape index (κ2) is 11.3. The Hall–Kier alpha value is -3.88. The summed E-state index contributed by atoms with van der Waals surface area (Å²) in [6, 6.07) is 7.91. The van der Waals surface area contributed by atoms with Gasteiger partial charge in [-0.1, -0.05) is 12.1 Å². The van der Waals surface area contributed by atoms with Gasteiger partial charge in [-0.3, -0.25) is 9.59 Å². The Morgan fingerprint density at radius 3 is 2.68 bits per heavy atom. The van der Waals surface area contributed by atoms with Gasteiger partial charge in [0, 0.05) is 44.6 Å². The van der Waals surface area contributed by atoms with Crippen molar-refractivity contribution in [3.63, 3.8) is 0 Å². The van der Waals surface area contributed by atoms with Crippen LogP contribution < -0.4 is 10.6 Å². The summed E-state index contributed by atoms with van der Waals surface area (Å²) < 4.78 is 13.7. The number of piperidine rings is 1. The number of amides is 2. The predicted molar refractivity (Wildman–Crippen MR) is 131 cm³/mol.